The Kier molecular flexibility index (Phi) is 2.84. The molecule has 0 saturated heterocycles. The molecule has 0 amide bonds. The first-order chi connectivity index (χ1) is 6.68. The van der Waals surface area contributed by atoms with Gasteiger partial charge in [0.15, 0.2) is 5.03 Å². The molecule has 1 heterocycles. The number of aromatic nitrogens is 1. The van der Waals surface area contributed by atoms with Gasteiger partial charge in [0.05, 0.1) is 5.56 Å². The molecule has 0 bridgehead atoms. The topological polar surface area (TPSA) is 76.4 Å². The summed E-state index contributed by atoms with van der Waals surface area (Å²) in [6.07, 6.45) is 0. The smallest absolute Gasteiger partial charge is 0.337 e. The first kappa shape index (κ1) is 12.1. The molecule has 0 aliphatic rings. The van der Waals surface area contributed by atoms with Crippen LogP contribution in [0.5, 0.6) is 0 Å². The zero-order chi connectivity index (χ0) is 12.0. The monoisotopic (exact) mass is 251 g/mol. The molecule has 5 nitrogen and oxygen atoms in total. The Morgan fingerprint density at radius 3 is 2.07 bits per heavy atom. The molecular weight excluding hydrogens is 242 g/mol. The number of aromatic carboxylic acids is 1. The Hall–Kier alpha value is -1.01. The average Bonchev–Trinajstić information content (AvgIpc) is 2.21. The van der Waals surface area contributed by atoms with Crippen LogP contribution in [-0.4, -0.2) is 24.1 Å². The molecule has 0 aliphatic carbocycles. The van der Waals surface area contributed by atoms with E-state index in [1.54, 1.807) is 0 Å². The predicted molar refractivity (Wildman–Crippen MR) is 54.9 cm³/mol. The highest BCUT2D eigenvalue weighted by atomic mass is 35.7. The third-order valence-corrected chi connectivity index (χ3v) is 3.79. The zero-order valence-electron chi connectivity index (χ0n) is 8.41. The van der Waals surface area contributed by atoms with E-state index in [2.05, 4.69) is 0 Å². The molecule has 7 heteroatoms. The maximum atomic E-state index is 11.2. The fourth-order valence-electron chi connectivity index (χ4n) is 1.61. The molecule has 1 aromatic rings. The van der Waals surface area contributed by atoms with Gasteiger partial charge >= 0.3 is 5.97 Å². The molecule has 15 heavy (non-hydrogen) atoms. The minimum absolute atomic E-state index is 0.0169. The van der Waals surface area contributed by atoms with Gasteiger partial charge < -0.3 is 9.67 Å². The third-order valence-electron chi connectivity index (χ3n) is 2.31. The normalized spacial score (nSPS) is 11.7. The number of hydrogen-bond acceptors (Lipinski definition) is 3. The van der Waals surface area contributed by atoms with Crippen molar-refractivity contribution in [1.29, 1.82) is 0 Å². The summed E-state index contributed by atoms with van der Waals surface area (Å²) in [5.74, 6) is -1.16. The molecule has 1 aromatic heterocycles. The van der Waals surface area contributed by atoms with Gasteiger partial charge in [-0.2, -0.15) is 0 Å². The molecule has 0 spiro atoms. The summed E-state index contributed by atoms with van der Waals surface area (Å²) in [5.41, 5.74) is 0.508. The van der Waals surface area contributed by atoms with Crippen molar-refractivity contribution in [1.82, 2.24) is 4.57 Å². The van der Waals surface area contributed by atoms with Crippen LogP contribution in [0.25, 0.3) is 0 Å². The van der Waals surface area contributed by atoms with Gasteiger partial charge in [-0.25, -0.2) is 13.2 Å². The molecule has 1 N–H and O–H groups in total. The second-order valence-electron chi connectivity index (χ2n) is 3.19. The SMILES string of the molecule is Cc1c(C(=O)O)c(C)n(C)c1S(=O)(=O)Cl. The van der Waals surface area contributed by atoms with Crippen LogP contribution in [0.1, 0.15) is 21.6 Å². The number of carboxylic acid groups (broad SMARTS) is 1. The lowest BCUT2D eigenvalue weighted by atomic mass is 10.2. The quantitative estimate of drug-likeness (QED) is 0.803. The van der Waals surface area contributed by atoms with Crippen molar-refractivity contribution in [3.8, 4) is 0 Å². The van der Waals surface area contributed by atoms with Gasteiger partial charge in [0.1, 0.15) is 0 Å². The van der Waals surface area contributed by atoms with E-state index >= 15 is 0 Å². The van der Waals surface area contributed by atoms with Crippen LogP contribution in [0.15, 0.2) is 5.03 Å². The van der Waals surface area contributed by atoms with Crippen LogP contribution in [0.2, 0.25) is 0 Å². The summed E-state index contributed by atoms with van der Waals surface area (Å²) in [6.45, 7) is 2.95. The van der Waals surface area contributed by atoms with Crippen molar-refractivity contribution in [2.24, 2.45) is 7.05 Å². The maximum absolute atomic E-state index is 11.2. The molecule has 84 valence electrons. The molecule has 0 aromatic carbocycles. The van der Waals surface area contributed by atoms with E-state index < -0.39 is 15.0 Å². The van der Waals surface area contributed by atoms with Crippen LogP contribution in [0.3, 0.4) is 0 Å². The molecule has 0 saturated carbocycles. The molecule has 0 aliphatic heterocycles. The lowest BCUT2D eigenvalue weighted by Crippen LogP contribution is -2.02. The van der Waals surface area contributed by atoms with E-state index in [0.29, 0.717) is 5.69 Å². The summed E-state index contributed by atoms with van der Waals surface area (Å²) < 4.78 is 23.7. The summed E-state index contributed by atoms with van der Waals surface area (Å²) in [6, 6.07) is 0. The molecule has 1 rings (SSSR count). The van der Waals surface area contributed by atoms with E-state index in [-0.39, 0.29) is 16.2 Å². The standard InChI is InChI=1S/C8H10ClNO4S/c1-4-6(8(11)12)5(2)10(3)7(4)15(9,13)14/h1-3H3,(H,11,12). The highest BCUT2D eigenvalue weighted by Gasteiger charge is 2.26. The maximum Gasteiger partial charge on any atom is 0.337 e. The molecule has 0 atom stereocenters. The lowest BCUT2D eigenvalue weighted by molar-refractivity contribution is 0.0695. The predicted octanol–water partition coefficient (Wildman–Crippen LogP) is 1.27. The highest BCUT2D eigenvalue weighted by molar-refractivity contribution is 8.13. The van der Waals surface area contributed by atoms with Crippen molar-refractivity contribution in [2.45, 2.75) is 18.9 Å². The van der Waals surface area contributed by atoms with Gasteiger partial charge in [-0.1, -0.05) is 0 Å². The molecular formula is C8H10ClNO4S. The van der Waals surface area contributed by atoms with Gasteiger partial charge in [-0.15, -0.1) is 0 Å². The van der Waals surface area contributed by atoms with Crippen molar-refractivity contribution in [3.05, 3.63) is 16.8 Å². The van der Waals surface area contributed by atoms with Gasteiger partial charge in [0.25, 0.3) is 9.05 Å². The summed E-state index contributed by atoms with van der Waals surface area (Å²) in [7, 11) is 2.75. The number of rotatable bonds is 2. The Labute approximate surface area is 91.7 Å². The number of carbonyl (C=O) groups is 1. The summed E-state index contributed by atoms with van der Waals surface area (Å²) >= 11 is 0. The first-order valence-electron chi connectivity index (χ1n) is 4.01. The van der Waals surface area contributed by atoms with E-state index in [9.17, 15) is 13.2 Å². The minimum atomic E-state index is -3.93. The molecule has 0 fully saturated rings. The molecule has 0 unspecified atom stereocenters. The van der Waals surface area contributed by atoms with Gasteiger partial charge in [0, 0.05) is 29.0 Å². The Bertz CT molecular complexity index is 529. The van der Waals surface area contributed by atoms with E-state index in [1.807, 2.05) is 0 Å². The largest absolute Gasteiger partial charge is 0.478 e. The van der Waals surface area contributed by atoms with Crippen LogP contribution < -0.4 is 0 Å². The van der Waals surface area contributed by atoms with Crippen LogP contribution in [0, 0.1) is 13.8 Å². The fraction of sp³-hybridized carbons (Fsp3) is 0.375. The fourth-order valence-corrected chi connectivity index (χ4v) is 3.20. The summed E-state index contributed by atoms with van der Waals surface area (Å²) in [4.78, 5) is 10.9. The first-order valence-corrected chi connectivity index (χ1v) is 6.32. The van der Waals surface area contributed by atoms with Crippen LogP contribution in [0.4, 0.5) is 0 Å². The van der Waals surface area contributed by atoms with E-state index in [4.69, 9.17) is 15.8 Å². The Balaban J connectivity index is 3.73. The highest BCUT2D eigenvalue weighted by Crippen LogP contribution is 2.27. The minimum Gasteiger partial charge on any atom is -0.478 e. The van der Waals surface area contributed by atoms with Crippen molar-refractivity contribution in [2.75, 3.05) is 0 Å². The lowest BCUT2D eigenvalue weighted by Gasteiger charge is -2.01. The number of carboxylic acids is 1. The second kappa shape index (κ2) is 3.53. The number of hydrogen-bond donors (Lipinski definition) is 1. The van der Waals surface area contributed by atoms with Crippen molar-refractivity contribution < 1.29 is 18.3 Å². The average molecular weight is 252 g/mol. The number of halogens is 1. The summed E-state index contributed by atoms with van der Waals surface area (Å²) in [5, 5.41) is 8.73. The Morgan fingerprint density at radius 1 is 1.40 bits per heavy atom. The van der Waals surface area contributed by atoms with Crippen LogP contribution >= 0.6 is 10.7 Å². The second-order valence-corrected chi connectivity index (χ2v) is 5.67. The molecule has 0 radical (unpaired) electrons. The van der Waals surface area contributed by atoms with E-state index in [1.165, 1.54) is 25.5 Å². The number of nitrogens with zero attached hydrogens (tertiary/aromatic N) is 1. The van der Waals surface area contributed by atoms with Crippen LogP contribution in [-0.2, 0) is 16.1 Å². The van der Waals surface area contributed by atoms with Gasteiger partial charge in [0.2, 0.25) is 0 Å². The zero-order valence-corrected chi connectivity index (χ0v) is 9.98. The Morgan fingerprint density at radius 2 is 1.87 bits per heavy atom. The third kappa shape index (κ3) is 1.87. The van der Waals surface area contributed by atoms with Crippen molar-refractivity contribution >= 4 is 25.7 Å². The van der Waals surface area contributed by atoms with Gasteiger partial charge in [-0.3, -0.25) is 0 Å². The van der Waals surface area contributed by atoms with Gasteiger partial charge in [-0.05, 0) is 13.8 Å². The van der Waals surface area contributed by atoms with Crippen molar-refractivity contribution in [3.63, 3.8) is 0 Å². The van der Waals surface area contributed by atoms with E-state index in [0.717, 1.165) is 0 Å².